The SMILES string of the molecule is Cc1ccc(C(=O)Nc2ccc3c(N4CCCCC4)ncnc3c2)s1. The van der Waals surface area contributed by atoms with Crippen molar-refractivity contribution in [3.8, 4) is 0 Å². The van der Waals surface area contributed by atoms with Gasteiger partial charge in [-0.25, -0.2) is 9.97 Å². The van der Waals surface area contributed by atoms with Gasteiger partial charge in [-0.05, 0) is 56.5 Å². The number of hydrogen-bond acceptors (Lipinski definition) is 5. The smallest absolute Gasteiger partial charge is 0.265 e. The average molecular weight is 352 g/mol. The summed E-state index contributed by atoms with van der Waals surface area (Å²) >= 11 is 1.50. The van der Waals surface area contributed by atoms with Crippen molar-refractivity contribution >= 4 is 39.7 Å². The minimum atomic E-state index is -0.0808. The molecule has 0 spiro atoms. The highest BCUT2D eigenvalue weighted by Gasteiger charge is 2.16. The lowest BCUT2D eigenvalue weighted by Crippen LogP contribution is -2.30. The number of anilines is 2. The van der Waals surface area contributed by atoms with E-state index in [1.54, 1.807) is 6.33 Å². The molecule has 1 saturated heterocycles. The lowest BCUT2D eigenvalue weighted by Gasteiger charge is -2.28. The number of carbonyl (C=O) groups excluding carboxylic acids is 1. The summed E-state index contributed by atoms with van der Waals surface area (Å²) in [7, 11) is 0. The number of carbonyl (C=O) groups is 1. The Labute approximate surface area is 150 Å². The monoisotopic (exact) mass is 352 g/mol. The first-order valence-corrected chi connectivity index (χ1v) is 9.40. The molecule has 0 bridgehead atoms. The zero-order valence-electron chi connectivity index (χ0n) is 14.2. The Hall–Kier alpha value is -2.47. The van der Waals surface area contributed by atoms with Crippen LogP contribution in [-0.2, 0) is 0 Å². The number of aromatic nitrogens is 2. The van der Waals surface area contributed by atoms with Crippen molar-refractivity contribution in [3.05, 3.63) is 46.4 Å². The molecule has 0 unspecified atom stereocenters. The van der Waals surface area contributed by atoms with E-state index in [4.69, 9.17) is 0 Å². The number of nitrogens with zero attached hydrogens (tertiary/aromatic N) is 3. The number of hydrogen-bond donors (Lipinski definition) is 1. The number of aryl methyl sites for hydroxylation is 1. The van der Waals surface area contributed by atoms with Crippen molar-refractivity contribution in [3.63, 3.8) is 0 Å². The molecule has 0 aliphatic carbocycles. The fourth-order valence-electron chi connectivity index (χ4n) is 3.23. The highest BCUT2D eigenvalue weighted by Crippen LogP contribution is 2.28. The summed E-state index contributed by atoms with van der Waals surface area (Å²) in [4.78, 5) is 25.4. The molecular formula is C19H20N4OS. The predicted octanol–water partition coefficient (Wildman–Crippen LogP) is 4.24. The second kappa shape index (κ2) is 6.80. The molecule has 3 heterocycles. The fourth-order valence-corrected chi connectivity index (χ4v) is 3.99. The van der Waals surface area contributed by atoms with Gasteiger partial charge in [-0.3, -0.25) is 4.79 Å². The van der Waals surface area contributed by atoms with Crippen LogP contribution in [0.2, 0.25) is 0 Å². The minimum Gasteiger partial charge on any atom is -0.356 e. The maximum Gasteiger partial charge on any atom is 0.265 e. The first-order valence-electron chi connectivity index (χ1n) is 8.58. The molecule has 0 radical (unpaired) electrons. The third kappa shape index (κ3) is 3.35. The van der Waals surface area contributed by atoms with E-state index in [0.717, 1.165) is 40.4 Å². The van der Waals surface area contributed by atoms with Gasteiger partial charge < -0.3 is 10.2 Å². The summed E-state index contributed by atoms with van der Waals surface area (Å²) < 4.78 is 0. The third-order valence-corrected chi connectivity index (χ3v) is 5.49. The van der Waals surface area contributed by atoms with Crippen LogP contribution in [0.3, 0.4) is 0 Å². The van der Waals surface area contributed by atoms with Gasteiger partial charge in [0, 0.05) is 29.0 Å². The zero-order chi connectivity index (χ0) is 17.2. The highest BCUT2D eigenvalue weighted by atomic mass is 32.1. The topological polar surface area (TPSA) is 58.1 Å². The number of thiophene rings is 1. The number of piperidine rings is 1. The minimum absolute atomic E-state index is 0.0808. The van der Waals surface area contributed by atoms with Crippen LogP contribution in [0.15, 0.2) is 36.7 Å². The van der Waals surface area contributed by atoms with Crippen LogP contribution in [0.1, 0.15) is 33.8 Å². The van der Waals surface area contributed by atoms with Crippen LogP contribution >= 0.6 is 11.3 Å². The van der Waals surface area contributed by atoms with Gasteiger partial charge in [0.15, 0.2) is 0 Å². The molecule has 3 aromatic rings. The molecule has 1 aliphatic rings. The van der Waals surface area contributed by atoms with Crippen LogP contribution in [0.4, 0.5) is 11.5 Å². The molecule has 4 rings (SSSR count). The largest absolute Gasteiger partial charge is 0.356 e. The maximum atomic E-state index is 12.3. The number of amides is 1. The Balaban J connectivity index is 1.61. The molecular weight excluding hydrogens is 332 g/mol. The van der Waals surface area contributed by atoms with E-state index in [1.165, 1.54) is 30.6 Å². The van der Waals surface area contributed by atoms with E-state index in [9.17, 15) is 4.79 Å². The van der Waals surface area contributed by atoms with Crippen molar-refractivity contribution in [2.75, 3.05) is 23.3 Å². The van der Waals surface area contributed by atoms with E-state index < -0.39 is 0 Å². The van der Waals surface area contributed by atoms with Crippen molar-refractivity contribution in [1.29, 1.82) is 0 Å². The van der Waals surface area contributed by atoms with Gasteiger partial charge in [-0.15, -0.1) is 11.3 Å². The van der Waals surface area contributed by atoms with Gasteiger partial charge in [-0.1, -0.05) is 0 Å². The van der Waals surface area contributed by atoms with Gasteiger partial charge in [0.05, 0.1) is 10.4 Å². The summed E-state index contributed by atoms with van der Waals surface area (Å²) in [5.41, 5.74) is 1.61. The molecule has 128 valence electrons. The number of benzene rings is 1. The predicted molar refractivity (Wildman–Crippen MR) is 103 cm³/mol. The second-order valence-corrected chi connectivity index (χ2v) is 7.63. The molecule has 1 fully saturated rings. The Morgan fingerprint density at radius 1 is 1.12 bits per heavy atom. The van der Waals surface area contributed by atoms with Crippen LogP contribution in [0.5, 0.6) is 0 Å². The van der Waals surface area contributed by atoms with Gasteiger partial charge in [-0.2, -0.15) is 0 Å². The molecule has 25 heavy (non-hydrogen) atoms. The number of rotatable bonds is 3. The molecule has 1 N–H and O–H groups in total. The third-order valence-electron chi connectivity index (χ3n) is 4.49. The Kier molecular flexibility index (Phi) is 4.36. The summed E-state index contributed by atoms with van der Waals surface area (Å²) in [6.07, 6.45) is 5.32. The van der Waals surface area contributed by atoms with Gasteiger partial charge in [0.1, 0.15) is 12.1 Å². The van der Waals surface area contributed by atoms with Crippen molar-refractivity contribution in [1.82, 2.24) is 9.97 Å². The fraction of sp³-hybridized carbons (Fsp3) is 0.316. The van der Waals surface area contributed by atoms with E-state index in [0.29, 0.717) is 4.88 Å². The Bertz CT molecular complexity index is 915. The van der Waals surface area contributed by atoms with E-state index in [1.807, 2.05) is 37.3 Å². The first kappa shape index (κ1) is 16.0. The summed E-state index contributed by atoms with van der Waals surface area (Å²) in [5.74, 6) is 0.916. The molecule has 5 nitrogen and oxygen atoms in total. The first-order chi connectivity index (χ1) is 12.2. The standard InChI is InChI=1S/C19H20N4OS/c1-13-5-8-17(25-13)19(24)22-14-6-7-15-16(11-14)20-12-21-18(15)23-9-3-2-4-10-23/h5-8,11-12H,2-4,9-10H2,1H3,(H,22,24). The average Bonchev–Trinajstić information content (AvgIpc) is 3.08. The zero-order valence-corrected chi connectivity index (χ0v) is 15.0. The van der Waals surface area contributed by atoms with Gasteiger partial charge in [0.25, 0.3) is 5.91 Å². The normalized spacial score (nSPS) is 14.7. The Morgan fingerprint density at radius 3 is 2.72 bits per heavy atom. The molecule has 0 saturated carbocycles. The number of nitrogens with one attached hydrogen (secondary N) is 1. The van der Waals surface area contributed by atoms with Gasteiger partial charge in [0.2, 0.25) is 0 Å². The number of fused-ring (bicyclic) bond motifs is 1. The molecule has 6 heteroatoms. The highest BCUT2D eigenvalue weighted by molar-refractivity contribution is 7.14. The summed E-state index contributed by atoms with van der Waals surface area (Å²) in [6.45, 7) is 4.08. The van der Waals surface area contributed by atoms with Crippen molar-refractivity contribution < 1.29 is 4.79 Å². The van der Waals surface area contributed by atoms with Crippen molar-refractivity contribution in [2.45, 2.75) is 26.2 Å². The van der Waals surface area contributed by atoms with Gasteiger partial charge >= 0.3 is 0 Å². The van der Waals surface area contributed by atoms with Crippen LogP contribution in [0, 0.1) is 6.92 Å². The lowest BCUT2D eigenvalue weighted by atomic mass is 10.1. The van der Waals surface area contributed by atoms with E-state index >= 15 is 0 Å². The molecule has 2 aromatic heterocycles. The van der Waals surface area contributed by atoms with E-state index in [-0.39, 0.29) is 5.91 Å². The van der Waals surface area contributed by atoms with Crippen LogP contribution in [0.25, 0.3) is 10.9 Å². The van der Waals surface area contributed by atoms with Crippen LogP contribution in [-0.4, -0.2) is 29.0 Å². The summed E-state index contributed by atoms with van der Waals surface area (Å²) in [6, 6.07) is 9.67. The van der Waals surface area contributed by atoms with Crippen LogP contribution < -0.4 is 10.2 Å². The van der Waals surface area contributed by atoms with E-state index in [2.05, 4.69) is 20.2 Å². The molecule has 0 atom stereocenters. The lowest BCUT2D eigenvalue weighted by molar-refractivity contribution is 0.103. The quantitative estimate of drug-likeness (QED) is 0.766. The second-order valence-electron chi connectivity index (χ2n) is 6.34. The molecule has 1 aliphatic heterocycles. The maximum absolute atomic E-state index is 12.3. The summed E-state index contributed by atoms with van der Waals surface area (Å²) in [5, 5.41) is 4.00. The Morgan fingerprint density at radius 2 is 1.96 bits per heavy atom. The molecule has 1 aromatic carbocycles. The van der Waals surface area contributed by atoms with Crippen molar-refractivity contribution in [2.24, 2.45) is 0 Å². The molecule has 1 amide bonds.